The molecule has 3 aromatic rings. The molecule has 0 aliphatic heterocycles. The van der Waals surface area contributed by atoms with Gasteiger partial charge in [0, 0.05) is 17.6 Å². The fourth-order valence-corrected chi connectivity index (χ4v) is 2.46. The highest BCUT2D eigenvalue weighted by Gasteiger charge is 2.09. The van der Waals surface area contributed by atoms with E-state index in [4.69, 9.17) is 11.6 Å². The number of benzene rings is 2. The van der Waals surface area contributed by atoms with Gasteiger partial charge in [0.05, 0.1) is 17.6 Å². The van der Waals surface area contributed by atoms with Gasteiger partial charge in [0.15, 0.2) is 0 Å². The van der Waals surface area contributed by atoms with E-state index >= 15 is 0 Å². The maximum absolute atomic E-state index is 13.6. The van der Waals surface area contributed by atoms with E-state index in [2.05, 4.69) is 15.6 Å². The lowest BCUT2D eigenvalue weighted by molar-refractivity contribution is 0.0946. The molecule has 1 amide bonds. The first-order valence-electron chi connectivity index (χ1n) is 7.72. The van der Waals surface area contributed by atoms with Gasteiger partial charge in [0.1, 0.15) is 17.3 Å². The van der Waals surface area contributed by atoms with E-state index in [0.29, 0.717) is 10.7 Å². The number of nitrogens with zero attached hydrogens (tertiary/aromatic N) is 1. The van der Waals surface area contributed by atoms with Crippen molar-refractivity contribution >= 4 is 28.9 Å². The molecule has 1 heterocycles. The van der Waals surface area contributed by atoms with Crippen LogP contribution in [0.5, 0.6) is 0 Å². The van der Waals surface area contributed by atoms with E-state index in [1.54, 1.807) is 12.1 Å². The maximum atomic E-state index is 13.6. The van der Waals surface area contributed by atoms with E-state index in [1.807, 2.05) is 18.2 Å². The highest BCUT2D eigenvalue weighted by atomic mass is 35.5. The van der Waals surface area contributed by atoms with Crippen molar-refractivity contribution < 1.29 is 13.6 Å². The molecule has 7 heteroatoms. The van der Waals surface area contributed by atoms with Crippen molar-refractivity contribution in [3.05, 3.63) is 88.7 Å². The molecule has 0 saturated heterocycles. The Labute approximate surface area is 153 Å². The third-order valence-electron chi connectivity index (χ3n) is 3.60. The van der Waals surface area contributed by atoms with Gasteiger partial charge in [-0.1, -0.05) is 29.8 Å². The summed E-state index contributed by atoms with van der Waals surface area (Å²) in [6.45, 7) is 0.279. The Kier molecular flexibility index (Phi) is 5.43. The lowest BCUT2D eigenvalue weighted by Crippen LogP contribution is -2.23. The van der Waals surface area contributed by atoms with Crippen LogP contribution in [-0.4, -0.2) is 10.9 Å². The van der Waals surface area contributed by atoms with Crippen LogP contribution in [0.15, 0.2) is 60.8 Å². The number of anilines is 2. The molecule has 1 aromatic heterocycles. The first-order chi connectivity index (χ1) is 12.5. The summed E-state index contributed by atoms with van der Waals surface area (Å²) in [5.41, 5.74) is 1.59. The first kappa shape index (κ1) is 17.8. The van der Waals surface area contributed by atoms with Crippen LogP contribution in [0.1, 0.15) is 16.1 Å². The Hall–Kier alpha value is -2.99. The number of nitrogens with one attached hydrogen (secondary N) is 2. The van der Waals surface area contributed by atoms with Gasteiger partial charge < -0.3 is 10.6 Å². The minimum Gasteiger partial charge on any atom is -0.352 e. The van der Waals surface area contributed by atoms with Crippen LogP contribution in [0.3, 0.4) is 0 Å². The largest absolute Gasteiger partial charge is 0.352 e. The van der Waals surface area contributed by atoms with Crippen molar-refractivity contribution in [3.8, 4) is 0 Å². The van der Waals surface area contributed by atoms with Crippen molar-refractivity contribution in [1.82, 2.24) is 10.3 Å². The monoisotopic (exact) mass is 373 g/mol. The first-order valence-corrected chi connectivity index (χ1v) is 8.10. The summed E-state index contributed by atoms with van der Waals surface area (Å²) >= 11 is 6.04. The molecule has 0 bridgehead atoms. The topological polar surface area (TPSA) is 54.0 Å². The Morgan fingerprint density at radius 3 is 2.58 bits per heavy atom. The van der Waals surface area contributed by atoms with E-state index in [1.165, 1.54) is 18.3 Å². The number of hydrogen-bond acceptors (Lipinski definition) is 3. The Balaban J connectivity index is 1.63. The van der Waals surface area contributed by atoms with Crippen LogP contribution < -0.4 is 10.6 Å². The molecule has 4 nitrogen and oxygen atoms in total. The number of carbonyl (C=O) groups excluding carboxylic acids is 1. The molecule has 0 spiro atoms. The Morgan fingerprint density at radius 2 is 1.88 bits per heavy atom. The average Bonchev–Trinajstić information content (AvgIpc) is 2.64. The molecular formula is C19H14ClF2N3O. The van der Waals surface area contributed by atoms with Crippen molar-refractivity contribution in [2.24, 2.45) is 0 Å². The molecule has 2 aromatic carbocycles. The number of aromatic nitrogens is 1. The lowest BCUT2D eigenvalue weighted by Gasteiger charge is -2.09. The number of amides is 1. The number of hydrogen-bond donors (Lipinski definition) is 2. The Morgan fingerprint density at radius 1 is 1.08 bits per heavy atom. The van der Waals surface area contributed by atoms with Gasteiger partial charge in [-0.2, -0.15) is 0 Å². The SMILES string of the molecule is O=C(NCc1ccccc1Cl)c1ccc(Nc2ccc(F)cc2F)cn1. The molecule has 0 aliphatic rings. The van der Waals surface area contributed by atoms with Gasteiger partial charge >= 0.3 is 0 Å². The fourth-order valence-electron chi connectivity index (χ4n) is 2.26. The Bertz CT molecular complexity index is 932. The number of pyridine rings is 1. The highest BCUT2D eigenvalue weighted by Crippen LogP contribution is 2.20. The van der Waals surface area contributed by atoms with Crippen LogP contribution in [0.2, 0.25) is 5.02 Å². The van der Waals surface area contributed by atoms with Crippen molar-refractivity contribution in [1.29, 1.82) is 0 Å². The second kappa shape index (κ2) is 7.93. The molecule has 3 rings (SSSR count). The van der Waals surface area contributed by atoms with Crippen LogP contribution in [-0.2, 0) is 6.54 Å². The van der Waals surface area contributed by atoms with Gasteiger partial charge in [-0.3, -0.25) is 4.79 Å². The van der Waals surface area contributed by atoms with Gasteiger partial charge in [0.25, 0.3) is 5.91 Å². The lowest BCUT2D eigenvalue weighted by atomic mass is 10.2. The van der Waals surface area contributed by atoms with Gasteiger partial charge in [0.2, 0.25) is 0 Å². The van der Waals surface area contributed by atoms with E-state index in [-0.39, 0.29) is 23.8 Å². The second-order valence-electron chi connectivity index (χ2n) is 5.46. The molecule has 132 valence electrons. The van der Waals surface area contributed by atoms with Gasteiger partial charge in [-0.05, 0) is 35.9 Å². The van der Waals surface area contributed by atoms with Gasteiger partial charge in [-0.15, -0.1) is 0 Å². The van der Waals surface area contributed by atoms with Crippen LogP contribution in [0.25, 0.3) is 0 Å². The van der Waals surface area contributed by atoms with Crippen LogP contribution in [0.4, 0.5) is 20.2 Å². The van der Waals surface area contributed by atoms with Crippen LogP contribution in [0, 0.1) is 11.6 Å². The fraction of sp³-hybridized carbons (Fsp3) is 0.0526. The van der Waals surface area contributed by atoms with E-state index in [9.17, 15) is 13.6 Å². The summed E-state index contributed by atoms with van der Waals surface area (Å²) in [7, 11) is 0. The molecule has 0 fully saturated rings. The molecule has 0 unspecified atom stereocenters. The second-order valence-corrected chi connectivity index (χ2v) is 5.86. The van der Waals surface area contributed by atoms with Crippen LogP contribution >= 0.6 is 11.6 Å². The standard InChI is InChI=1S/C19H14ClF2N3O/c20-15-4-2-1-3-12(15)10-24-19(26)18-8-6-14(11-23-18)25-17-7-5-13(21)9-16(17)22/h1-9,11,25H,10H2,(H,24,26). The third kappa shape index (κ3) is 4.34. The van der Waals surface area contributed by atoms with Crippen molar-refractivity contribution in [3.63, 3.8) is 0 Å². The molecule has 26 heavy (non-hydrogen) atoms. The number of carbonyl (C=O) groups is 1. The average molecular weight is 374 g/mol. The molecule has 0 atom stereocenters. The van der Waals surface area contributed by atoms with E-state index in [0.717, 1.165) is 17.7 Å². The zero-order valence-electron chi connectivity index (χ0n) is 13.5. The minimum atomic E-state index is -0.716. The van der Waals surface area contributed by atoms with E-state index < -0.39 is 11.6 Å². The normalized spacial score (nSPS) is 10.4. The molecule has 2 N–H and O–H groups in total. The zero-order chi connectivity index (χ0) is 18.5. The smallest absolute Gasteiger partial charge is 0.270 e. The summed E-state index contributed by atoms with van der Waals surface area (Å²) < 4.78 is 26.6. The molecule has 0 radical (unpaired) electrons. The predicted molar refractivity (Wildman–Crippen MR) is 96.5 cm³/mol. The third-order valence-corrected chi connectivity index (χ3v) is 3.97. The van der Waals surface area contributed by atoms with Crippen molar-refractivity contribution in [2.75, 3.05) is 5.32 Å². The zero-order valence-corrected chi connectivity index (χ0v) is 14.2. The quantitative estimate of drug-likeness (QED) is 0.682. The summed E-state index contributed by atoms with van der Waals surface area (Å²) in [4.78, 5) is 16.2. The summed E-state index contributed by atoms with van der Waals surface area (Å²) in [5, 5.41) is 6.08. The summed E-state index contributed by atoms with van der Waals surface area (Å²) in [5.74, 6) is -1.73. The summed E-state index contributed by atoms with van der Waals surface area (Å²) in [6, 6.07) is 13.5. The highest BCUT2D eigenvalue weighted by molar-refractivity contribution is 6.31. The predicted octanol–water partition coefficient (Wildman–Crippen LogP) is 4.69. The molecular weight excluding hydrogens is 360 g/mol. The van der Waals surface area contributed by atoms with Crippen molar-refractivity contribution in [2.45, 2.75) is 6.54 Å². The number of halogens is 3. The molecule has 0 aliphatic carbocycles. The van der Waals surface area contributed by atoms with Gasteiger partial charge in [-0.25, -0.2) is 13.8 Å². The molecule has 0 saturated carbocycles. The summed E-state index contributed by atoms with van der Waals surface area (Å²) in [6.07, 6.45) is 1.40. The number of rotatable bonds is 5. The maximum Gasteiger partial charge on any atom is 0.270 e. The minimum absolute atomic E-state index is 0.115.